The summed E-state index contributed by atoms with van der Waals surface area (Å²) in [6.45, 7) is 1.92. The molecule has 3 rings (SSSR count). The van der Waals surface area contributed by atoms with E-state index < -0.39 is 10.0 Å². The molecule has 1 amide bonds. The smallest absolute Gasteiger partial charge is 0.253 e. The first-order valence-corrected chi connectivity index (χ1v) is 9.84. The Labute approximate surface area is 140 Å². The molecule has 7 heteroatoms. The van der Waals surface area contributed by atoms with Gasteiger partial charge in [-0.2, -0.15) is 0 Å². The van der Waals surface area contributed by atoms with Crippen LogP contribution in [-0.2, 0) is 16.4 Å². The van der Waals surface area contributed by atoms with Crippen LogP contribution in [0.15, 0.2) is 46.7 Å². The van der Waals surface area contributed by atoms with Gasteiger partial charge in [0.05, 0.1) is 4.90 Å². The van der Waals surface area contributed by atoms with Crippen LogP contribution in [0.25, 0.3) is 0 Å². The summed E-state index contributed by atoms with van der Waals surface area (Å²) in [5.74, 6) is -0.0362. The van der Waals surface area contributed by atoms with E-state index in [4.69, 9.17) is 0 Å². The number of nitrogens with zero attached hydrogens (tertiary/aromatic N) is 1. The zero-order valence-corrected chi connectivity index (χ0v) is 14.2. The molecule has 1 saturated heterocycles. The highest BCUT2D eigenvalue weighted by atomic mass is 32.2. The van der Waals surface area contributed by atoms with Crippen molar-refractivity contribution < 1.29 is 13.2 Å². The van der Waals surface area contributed by atoms with Gasteiger partial charge in [0.2, 0.25) is 10.0 Å². The molecule has 1 aliphatic heterocycles. The summed E-state index contributed by atoms with van der Waals surface area (Å²) in [5.41, 5.74) is 0.530. The maximum atomic E-state index is 12.2. The molecule has 0 saturated carbocycles. The summed E-state index contributed by atoms with van der Waals surface area (Å²) in [6, 6.07) is 10.1. The van der Waals surface area contributed by atoms with Gasteiger partial charge in [-0.1, -0.05) is 6.07 Å². The molecule has 0 unspecified atom stereocenters. The van der Waals surface area contributed by atoms with Crippen molar-refractivity contribution >= 4 is 27.3 Å². The van der Waals surface area contributed by atoms with Crippen molar-refractivity contribution in [1.29, 1.82) is 0 Å². The fourth-order valence-electron chi connectivity index (χ4n) is 2.33. The maximum Gasteiger partial charge on any atom is 0.253 e. The highest BCUT2D eigenvalue weighted by molar-refractivity contribution is 7.89. The maximum absolute atomic E-state index is 12.2. The van der Waals surface area contributed by atoms with E-state index in [9.17, 15) is 13.2 Å². The van der Waals surface area contributed by atoms with Gasteiger partial charge in [0.15, 0.2) is 0 Å². The minimum absolute atomic E-state index is 0.0362. The molecule has 0 radical (unpaired) electrons. The van der Waals surface area contributed by atoms with Crippen LogP contribution in [-0.4, -0.2) is 38.9 Å². The minimum atomic E-state index is -3.54. The summed E-state index contributed by atoms with van der Waals surface area (Å²) >= 11 is 1.61. The highest BCUT2D eigenvalue weighted by Gasteiger charge is 2.22. The number of nitrogens with one attached hydrogen (secondary N) is 1. The molecule has 23 heavy (non-hydrogen) atoms. The van der Waals surface area contributed by atoms with Gasteiger partial charge >= 0.3 is 0 Å². The molecule has 1 fully saturated rings. The van der Waals surface area contributed by atoms with E-state index in [1.54, 1.807) is 28.4 Å². The first-order chi connectivity index (χ1) is 11.1. The number of benzene rings is 1. The predicted molar refractivity (Wildman–Crippen MR) is 90.2 cm³/mol. The van der Waals surface area contributed by atoms with Gasteiger partial charge in [-0.15, -0.1) is 11.3 Å². The summed E-state index contributed by atoms with van der Waals surface area (Å²) in [4.78, 5) is 15.1. The van der Waals surface area contributed by atoms with Crippen molar-refractivity contribution in [3.63, 3.8) is 0 Å². The third-order valence-electron chi connectivity index (χ3n) is 3.80. The van der Waals surface area contributed by atoms with Gasteiger partial charge in [0.25, 0.3) is 5.91 Å². The molecule has 1 aromatic heterocycles. The molecule has 0 bridgehead atoms. The number of hydrogen-bond acceptors (Lipinski definition) is 4. The molecule has 0 aliphatic carbocycles. The molecule has 1 aromatic carbocycles. The topological polar surface area (TPSA) is 66.5 Å². The van der Waals surface area contributed by atoms with Gasteiger partial charge in [-0.05, 0) is 48.6 Å². The van der Waals surface area contributed by atoms with Crippen LogP contribution < -0.4 is 4.72 Å². The lowest BCUT2D eigenvalue weighted by atomic mass is 10.1. The Kier molecular flexibility index (Phi) is 4.79. The second-order valence-electron chi connectivity index (χ2n) is 5.40. The normalized spacial score (nSPS) is 14.5. The van der Waals surface area contributed by atoms with Crippen molar-refractivity contribution in [2.75, 3.05) is 19.6 Å². The Bertz CT molecular complexity index is 764. The Hall–Kier alpha value is -1.70. The van der Waals surface area contributed by atoms with Crippen molar-refractivity contribution in [3.8, 4) is 0 Å². The van der Waals surface area contributed by atoms with Gasteiger partial charge in [0.1, 0.15) is 0 Å². The number of likely N-dealkylation sites (tertiary alicyclic amines) is 1. The third kappa shape index (κ3) is 3.80. The Morgan fingerprint density at radius 1 is 1.17 bits per heavy atom. The van der Waals surface area contributed by atoms with Gasteiger partial charge < -0.3 is 4.90 Å². The Morgan fingerprint density at radius 3 is 2.48 bits per heavy atom. The van der Waals surface area contributed by atoms with Crippen LogP contribution in [0.2, 0.25) is 0 Å². The van der Waals surface area contributed by atoms with Crippen molar-refractivity contribution in [1.82, 2.24) is 9.62 Å². The van der Waals surface area contributed by atoms with Crippen LogP contribution in [0.1, 0.15) is 21.7 Å². The molecular formula is C16H18N2O3S2. The summed E-state index contributed by atoms with van der Waals surface area (Å²) < 4.78 is 27.1. The second-order valence-corrected chi connectivity index (χ2v) is 8.20. The molecule has 5 nitrogen and oxygen atoms in total. The van der Waals surface area contributed by atoms with E-state index >= 15 is 0 Å². The first kappa shape index (κ1) is 16.2. The number of carbonyl (C=O) groups excluding carboxylic acids is 1. The average molecular weight is 350 g/mol. The molecule has 0 spiro atoms. The van der Waals surface area contributed by atoms with Crippen LogP contribution >= 0.6 is 11.3 Å². The molecule has 0 atom stereocenters. The first-order valence-electron chi connectivity index (χ1n) is 7.48. The number of thiophene rings is 1. The van der Waals surface area contributed by atoms with E-state index in [-0.39, 0.29) is 10.8 Å². The number of hydrogen-bond donors (Lipinski definition) is 1. The van der Waals surface area contributed by atoms with E-state index in [0.717, 1.165) is 24.4 Å². The van der Waals surface area contributed by atoms with Gasteiger partial charge in [-0.25, -0.2) is 13.1 Å². The standard InChI is InChI=1S/C16H18N2O3S2/c19-16(18-10-2-11-18)13-4-6-15(7-5-13)23(20,21)17-9-8-14-3-1-12-22-14/h1,3-7,12,17H,2,8-11H2. The van der Waals surface area contributed by atoms with E-state index in [0.29, 0.717) is 18.5 Å². The number of sulfonamides is 1. The van der Waals surface area contributed by atoms with E-state index in [2.05, 4.69) is 4.72 Å². The van der Waals surface area contributed by atoms with Crippen molar-refractivity contribution in [2.24, 2.45) is 0 Å². The average Bonchev–Trinajstić information content (AvgIpc) is 2.99. The summed E-state index contributed by atoms with van der Waals surface area (Å²) in [6.07, 6.45) is 1.70. The minimum Gasteiger partial charge on any atom is -0.339 e. The monoisotopic (exact) mass is 350 g/mol. The van der Waals surface area contributed by atoms with Crippen LogP contribution in [0.5, 0.6) is 0 Å². The SMILES string of the molecule is O=C(c1ccc(S(=O)(=O)NCCc2cccs2)cc1)N1CCC1. The molecule has 2 heterocycles. The zero-order valence-electron chi connectivity index (χ0n) is 12.6. The Balaban J connectivity index is 1.61. The quantitative estimate of drug-likeness (QED) is 0.868. The second kappa shape index (κ2) is 6.82. The van der Waals surface area contributed by atoms with Crippen LogP contribution in [0, 0.1) is 0 Å². The van der Waals surface area contributed by atoms with Crippen molar-refractivity contribution in [2.45, 2.75) is 17.7 Å². The zero-order chi connectivity index (χ0) is 16.3. The van der Waals surface area contributed by atoms with E-state index in [1.165, 1.54) is 12.1 Å². The summed E-state index contributed by atoms with van der Waals surface area (Å²) in [5, 5.41) is 1.97. The third-order valence-corrected chi connectivity index (χ3v) is 6.21. The summed E-state index contributed by atoms with van der Waals surface area (Å²) in [7, 11) is -3.54. The lowest BCUT2D eigenvalue weighted by Crippen LogP contribution is -2.42. The van der Waals surface area contributed by atoms with Crippen LogP contribution in [0.4, 0.5) is 0 Å². The Morgan fingerprint density at radius 2 is 1.91 bits per heavy atom. The lowest BCUT2D eigenvalue weighted by molar-refractivity contribution is 0.0651. The molecule has 2 aromatic rings. The molecule has 122 valence electrons. The van der Waals surface area contributed by atoms with Gasteiger partial charge in [-0.3, -0.25) is 4.79 Å². The predicted octanol–water partition coefficient (Wildman–Crippen LogP) is 2.12. The molecule has 1 N–H and O–H groups in total. The number of carbonyl (C=O) groups is 1. The fourth-order valence-corrected chi connectivity index (χ4v) is 4.07. The van der Waals surface area contributed by atoms with Gasteiger partial charge in [0, 0.05) is 30.1 Å². The fraction of sp³-hybridized carbons (Fsp3) is 0.312. The van der Waals surface area contributed by atoms with Crippen LogP contribution in [0.3, 0.4) is 0 Å². The highest BCUT2D eigenvalue weighted by Crippen LogP contribution is 2.16. The van der Waals surface area contributed by atoms with Crippen molar-refractivity contribution in [3.05, 3.63) is 52.2 Å². The van der Waals surface area contributed by atoms with E-state index in [1.807, 2.05) is 17.5 Å². The number of rotatable bonds is 6. The lowest BCUT2D eigenvalue weighted by Gasteiger charge is -2.30. The number of amides is 1. The largest absolute Gasteiger partial charge is 0.339 e. The molecule has 1 aliphatic rings. The molecular weight excluding hydrogens is 332 g/mol.